The first-order valence-corrected chi connectivity index (χ1v) is 8.90. The summed E-state index contributed by atoms with van der Waals surface area (Å²) in [5, 5.41) is 9.83. The van der Waals surface area contributed by atoms with E-state index in [1.165, 1.54) is 17.7 Å². The molecule has 2 rings (SSSR count). The molecule has 0 aromatic carbocycles. The van der Waals surface area contributed by atoms with Crippen molar-refractivity contribution in [1.29, 1.82) is 0 Å². The Bertz CT molecular complexity index is 502. The molecule has 1 aliphatic rings. The third-order valence-corrected chi connectivity index (χ3v) is 5.06. The van der Waals surface area contributed by atoms with Crippen molar-refractivity contribution in [2.75, 3.05) is 26.0 Å². The van der Waals surface area contributed by atoms with Crippen molar-refractivity contribution in [3.8, 4) is 0 Å². The lowest BCUT2D eigenvalue weighted by atomic mass is 10.2. The van der Waals surface area contributed by atoms with Gasteiger partial charge in [-0.15, -0.1) is 0 Å². The van der Waals surface area contributed by atoms with Crippen LogP contribution in [0, 0.1) is 6.92 Å². The molecule has 2 heterocycles. The fourth-order valence-electron chi connectivity index (χ4n) is 2.42. The van der Waals surface area contributed by atoms with Crippen LogP contribution in [-0.4, -0.2) is 54.1 Å². The van der Waals surface area contributed by atoms with Crippen LogP contribution in [-0.2, 0) is 10.5 Å². The summed E-state index contributed by atoms with van der Waals surface area (Å²) in [7, 11) is 1.68. The van der Waals surface area contributed by atoms with Crippen LogP contribution in [0.1, 0.15) is 41.6 Å². The Balaban J connectivity index is 1.98. The molecule has 0 saturated carbocycles. The molecular weight excluding hydrogens is 302 g/mol. The van der Waals surface area contributed by atoms with E-state index < -0.39 is 6.10 Å². The standard InChI is InChI=1S/C16H25NO4S/c1-4-5-6-22-10-12-7-15(21-11(12)2)16(19)17(3)13-8-20-9-14(13)18/h7,13-14,18H,4-6,8-10H2,1-3H3/t13-,14-/m0/s1. The zero-order valence-corrected chi connectivity index (χ0v) is 14.3. The minimum atomic E-state index is -0.630. The second kappa shape index (κ2) is 8.04. The molecule has 1 aliphatic heterocycles. The number of hydrogen-bond donors (Lipinski definition) is 1. The first-order valence-electron chi connectivity index (χ1n) is 7.74. The Morgan fingerprint density at radius 1 is 1.50 bits per heavy atom. The maximum Gasteiger partial charge on any atom is 0.289 e. The molecule has 1 aromatic rings. The van der Waals surface area contributed by atoms with Crippen LogP contribution in [0.5, 0.6) is 0 Å². The van der Waals surface area contributed by atoms with Gasteiger partial charge in [0, 0.05) is 18.4 Å². The van der Waals surface area contributed by atoms with Gasteiger partial charge in [-0.1, -0.05) is 13.3 Å². The predicted octanol–water partition coefficient (Wildman–Crippen LogP) is 2.45. The topological polar surface area (TPSA) is 62.9 Å². The van der Waals surface area contributed by atoms with Crippen LogP contribution in [0.4, 0.5) is 0 Å². The number of unbranched alkanes of at least 4 members (excludes halogenated alkanes) is 1. The number of amides is 1. The maximum absolute atomic E-state index is 12.5. The normalized spacial score (nSPS) is 21.3. The number of aliphatic hydroxyl groups is 1. The number of aliphatic hydroxyl groups excluding tert-OH is 1. The SMILES string of the molecule is CCCCSCc1cc(C(=O)N(C)[C@H]2COC[C@@H]2O)oc1C. The maximum atomic E-state index is 12.5. The molecule has 0 unspecified atom stereocenters. The summed E-state index contributed by atoms with van der Waals surface area (Å²) < 4.78 is 10.8. The van der Waals surface area contributed by atoms with Gasteiger partial charge < -0.3 is 19.2 Å². The average Bonchev–Trinajstić information content (AvgIpc) is 3.08. The summed E-state index contributed by atoms with van der Waals surface area (Å²) in [4.78, 5) is 14.0. The largest absolute Gasteiger partial charge is 0.456 e. The number of carbonyl (C=O) groups excluding carboxylic acids is 1. The summed E-state index contributed by atoms with van der Waals surface area (Å²) in [6.07, 6.45) is 1.77. The molecule has 5 nitrogen and oxygen atoms in total. The third-order valence-electron chi connectivity index (χ3n) is 3.97. The lowest BCUT2D eigenvalue weighted by molar-refractivity contribution is 0.0551. The molecular formula is C16H25NO4S. The number of furan rings is 1. The van der Waals surface area contributed by atoms with E-state index in [0.29, 0.717) is 12.4 Å². The Kier molecular flexibility index (Phi) is 6.35. The van der Waals surface area contributed by atoms with E-state index in [9.17, 15) is 9.90 Å². The van der Waals surface area contributed by atoms with E-state index in [2.05, 4.69) is 6.92 Å². The van der Waals surface area contributed by atoms with Crippen LogP contribution in [0.2, 0.25) is 0 Å². The fourth-order valence-corrected chi connectivity index (χ4v) is 3.57. The highest BCUT2D eigenvalue weighted by Crippen LogP contribution is 2.23. The van der Waals surface area contributed by atoms with Crippen LogP contribution in [0.25, 0.3) is 0 Å². The molecule has 124 valence electrons. The van der Waals surface area contributed by atoms with E-state index in [1.807, 2.05) is 24.8 Å². The lowest BCUT2D eigenvalue weighted by Crippen LogP contribution is -2.43. The number of likely N-dealkylation sites (N-methyl/N-ethyl adjacent to an activating group) is 1. The fraction of sp³-hybridized carbons (Fsp3) is 0.688. The number of carbonyl (C=O) groups is 1. The molecule has 6 heteroatoms. The number of thioether (sulfide) groups is 1. The minimum Gasteiger partial charge on any atom is -0.456 e. The Labute approximate surface area is 136 Å². The number of hydrogen-bond acceptors (Lipinski definition) is 5. The van der Waals surface area contributed by atoms with Gasteiger partial charge in [-0.3, -0.25) is 4.79 Å². The summed E-state index contributed by atoms with van der Waals surface area (Å²) in [6.45, 7) is 4.71. The number of rotatable bonds is 7. The van der Waals surface area contributed by atoms with Crippen molar-refractivity contribution in [1.82, 2.24) is 4.90 Å². The lowest BCUT2D eigenvalue weighted by Gasteiger charge is -2.24. The van der Waals surface area contributed by atoms with Crippen LogP contribution >= 0.6 is 11.8 Å². The van der Waals surface area contributed by atoms with Crippen molar-refractivity contribution in [3.05, 3.63) is 23.2 Å². The molecule has 2 atom stereocenters. The minimum absolute atomic E-state index is 0.206. The van der Waals surface area contributed by atoms with E-state index in [1.54, 1.807) is 7.05 Å². The van der Waals surface area contributed by atoms with Crippen molar-refractivity contribution < 1.29 is 19.1 Å². The van der Waals surface area contributed by atoms with E-state index in [0.717, 1.165) is 22.8 Å². The molecule has 22 heavy (non-hydrogen) atoms. The van der Waals surface area contributed by atoms with Gasteiger partial charge >= 0.3 is 0 Å². The van der Waals surface area contributed by atoms with Crippen molar-refractivity contribution in [2.24, 2.45) is 0 Å². The van der Waals surface area contributed by atoms with Crippen LogP contribution in [0.3, 0.4) is 0 Å². The predicted molar refractivity (Wildman–Crippen MR) is 87.2 cm³/mol. The highest BCUT2D eigenvalue weighted by Gasteiger charge is 2.33. The molecule has 1 aromatic heterocycles. The highest BCUT2D eigenvalue weighted by atomic mass is 32.2. The first-order chi connectivity index (χ1) is 10.5. The van der Waals surface area contributed by atoms with Gasteiger partial charge in [0.15, 0.2) is 5.76 Å². The molecule has 1 N–H and O–H groups in total. The van der Waals surface area contributed by atoms with Crippen molar-refractivity contribution in [3.63, 3.8) is 0 Å². The second-order valence-corrected chi connectivity index (χ2v) is 6.79. The zero-order valence-electron chi connectivity index (χ0n) is 13.5. The van der Waals surface area contributed by atoms with Gasteiger partial charge in [0.2, 0.25) is 0 Å². The second-order valence-electron chi connectivity index (χ2n) is 5.69. The van der Waals surface area contributed by atoms with Crippen molar-refractivity contribution in [2.45, 2.75) is 44.6 Å². The monoisotopic (exact) mass is 327 g/mol. The van der Waals surface area contributed by atoms with Gasteiger partial charge in [0.1, 0.15) is 5.76 Å². The number of nitrogens with zero attached hydrogens (tertiary/aromatic N) is 1. The molecule has 0 aliphatic carbocycles. The third kappa shape index (κ3) is 4.06. The zero-order chi connectivity index (χ0) is 16.1. The molecule has 1 amide bonds. The van der Waals surface area contributed by atoms with Gasteiger partial charge in [0.05, 0.1) is 25.4 Å². The summed E-state index contributed by atoms with van der Waals surface area (Å²) >= 11 is 1.86. The van der Waals surface area contributed by atoms with Gasteiger partial charge in [-0.25, -0.2) is 0 Å². The molecule has 0 radical (unpaired) electrons. The van der Waals surface area contributed by atoms with Crippen LogP contribution in [0.15, 0.2) is 10.5 Å². The smallest absolute Gasteiger partial charge is 0.289 e. The van der Waals surface area contributed by atoms with Gasteiger partial charge in [-0.05, 0) is 25.2 Å². The van der Waals surface area contributed by atoms with Gasteiger partial charge in [-0.2, -0.15) is 11.8 Å². The first kappa shape index (κ1) is 17.4. The highest BCUT2D eigenvalue weighted by molar-refractivity contribution is 7.98. The number of aryl methyl sites for hydroxylation is 1. The average molecular weight is 327 g/mol. The molecule has 1 fully saturated rings. The molecule has 1 saturated heterocycles. The van der Waals surface area contributed by atoms with Crippen molar-refractivity contribution >= 4 is 17.7 Å². The quantitative estimate of drug-likeness (QED) is 0.780. The summed E-state index contributed by atoms with van der Waals surface area (Å²) in [5.41, 5.74) is 1.07. The van der Waals surface area contributed by atoms with E-state index >= 15 is 0 Å². The number of ether oxygens (including phenoxy) is 1. The van der Waals surface area contributed by atoms with E-state index in [4.69, 9.17) is 9.15 Å². The Morgan fingerprint density at radius 2 is 2.27 bits per heavy atom. The summed E-state index contributed by atoms with van der Waals surface area (Å²) in [6, 6.07) is 1.52. The summed E-state index contributed by atoms with van der Waals surface area (Å²) in [5.74, 6) is 2.91. The Morgan fingerprint density at radius 3 is 2.91 bits per heavy atom. The molecule has 0 spiro atoms. The van der Waals surface area contributed by atoms with E-state index in [-0.39, 0.29) is 18.6 Å². The van der Waals surface area contributed by atoms with Gasteiger partial charge in [0.25, 0.3) is 5.91 Å². The Hall–Kier alpha value is -0.980. The van der Waals surface area contributed by atoms with Crippen LogP contribution < -0.4 is 0 Å². The molecule has 0 bridgehead atoms.